The quantitative estimate of drug-likeness (QED) is 0.776. The van der Waals surface area contributed by atoms with Crippen LogP contribution in [0.25, 0.3) is 10.2 Å². The lowest BCUT2D eigenvalue weighted by atomic mass is 10.1. The molecule has 0 atom stereocenters. The highest BCUT2D eigenvalue weighted by Gasteiger charge is 2.13. The van der Waals surface area contributed by atoms with Crippen molar-refractivity contribution in [3.05, 3.63) is 47.5 Å². The number of nitrogens with one attached hydrogen (secondary N) is 1. The number of nitrogen functional groups attached to an aromatic ring is 1. The number of thiazole rings is 1. The van der Waals surface area contributed by atoms with Gasteiger partial charge in [-0.3, -0.25) is 4.79 Å². The molecule has 0 unspecified atom stereocenters. The fourth-order valence-corrected chi connectivity index (χ4v) is 3.17. The van der Waals surface area contributed by atoms with Crippen molar-refractivity contribution in [2.24, 2.45) is 0 Å². The molecule has 0 radical (unpaired) electrons. The molecule has 5 nitrogen and oxygen atoms in total. The topological polar surface area (TPSA) is 77.2 Å². The Kier molecular flexibility index (Phi) is 3.68. The van der Waals surface area contributed by atoms with Crippen LogP contribution in [0.4, 0.5) is 10.8 Å². The van der Waals surface area contributed by atoms with Gasteiger partial charge in [-0.1, -0.05) is 23.5 Å². The minimum atomic E-state index is -0.214. The summed E-state index contributed by atoms with van der Waals surface area (Å²) in [6, 6.07) is 10.9. The molecule has 3 aromatic rings. The molecule has 2 aromatic carbocycles. The predicted octanol–water partition coefficient (Wildman–Crippen LogP) is 3.45. The van der Waals surface area contributed by atoms with Crippen molar-refractivity contribution in [2.75, 3.05) is 18.2 Å². The van der Waals surface area contributed by atoms with Crippen LogP contribution in [0, 0.1) is 6.92 Å². The summed E-state index contributed by atoms with van der Waals surface area (Å²) in [5, 5.41) is 3.41. The first-order chi connectivity index (χ1) is 10.6. The molecular formula is C16H15N3O2S. The first kappa shape index (κ1) is 14.3. The largest absolute Gasteiger partial charge is 0.496 e. The summed E-state index contributed by atoms with van der Waals surface area (Å²) >= 11 is 1.40. The summed E-state index contributed by atoms with van der Waals surface area (Å²) in [4.78, 5) is 16.7. The van der Waals surface area contributed by atoms with Crippen molar-refractivity contribution in [1.82, 2.24) is 4.98 Å². The molecule has 0 fully saturated rings. The molecule has 0 bridgehead atoms. The molecule has 0 aliphatic carbocycles. The van der Waals surface area contributed by atoms with Gasteiger partial charge in [-0.25, -0.2) is 4.98 Å². The highest BCUT2D eigenvalue weighted by atomic mass is 32.1. The monoisotopic (exact) mass is 313 g/mol. The molecule has 1 aromatic heterocycles. The van der Waals surface area contributed by atoms with Crippen molar-refractivity contribution < 1.29 is 9.53 Å². The second kappa shape index (κ2) is 5.65. The van der Waals surface area contributed by atoms with E-state index in [1.54, 1.807) is 25.3 Å². The predicted molar refractivity (Wildman–Crippen MR) is 89.7 cm³/mol. The molecule has 3 rings (SSSR count). The van der Waals surface area contributed by atoms with Crippen LogP contribution in [0.1, 0.15) is 15.9 Å². The Bertz CT molecular complexity index is 858. The smallest absolute Gasteiger partial charge is 0.259 e. The molecule has 112 valence electrons. The molecule has 6 heteroatoms. The number of rotatable bonds is 3. The van der Waals surface area contributed by atoms with Gasteiger partial charge in [-0.15, -0.1) is 0 Å². The maximum atomic E-state index is 12.4. The summed E-state index contributed by atoms with van der Waals surface area (Å²) < 4.78 is 6.17. The number of hydrogen-bond donors (Lipinski definition) is 2. The Morgan fingerprint density at radius 3 is 2.86 bits per heavy atom. The number of para-hydroxylation sites is 1. The van der Waals surface area contributed by atoms with Crippen molar-refractivity contribution in [3.8, 4) is 5.75 Å². The second-order valence-electron chi connectivity index (χ2n) is 4.85. The van der Waals surface area contributed by atoms with Gasteiger partial charge in [0, 0.05) is 5.69 Å². The van der Waals surface area contributed by atoms with E-state index in [0.717, 1.165) is 15.8 Å². The standard InChI is InChI=1S/C16H15N3O2S/c1-9-7-10(8-13-14(9)19-16(17)22-13)18-15(20)11-5-3-4-6-12(11)21-2/h3-8H,1-2H3,(H2,17,19)(H,18,20). The van der Waals surface area contributed by atoms with E-state index in [4.69, 9.17) is 10.5 Å². The lowest BCUT2D eigenvalue weighted by molar-refractivity contribution is 0.102. The highest BCUT2D eigenvalue weighted by molar-refractivity contribution is 7.22. The fourth-order valence-electron chi connectivity index (χ4n) is 2.32. The van der Waals surface area contributed by atoms with Crippen molar-refractivity contribution >= 4 is 38.3 Å². The zero-order valence-electron chi connectivity index (χ0n) is 12.2. The summed E-state index contributed by atoms with van der Waals surface area (Å²) in [6.07, 6.45) is 0. The van der Waals surface area contributed by atoms with Gasteiger partial charge in [0.25, 0.3) is 5.91 Å². The average molecular weight is 313 g/mol. The number of aryl methyl sites for hydroxylation is 1. The van der Waals surface area contributed by atoms with Gasteiger partial charge < -0.3 is 15.8 Å². The normalized spacial score (nSPS) is 10.6. The minimum Gasteiger partial charge on any atom is -0.496 e. The number of benzene rings is 2. The molecule has 0 aliphatic heterocycles. The molecule has 1 heterocycles. The number of ether oxygens (including phenoxy) is 1. The van der Waals surface area contributed by atoms with Gasteiger partial charge >= 0.3 is 0 Å². The van der Waals surface area contributed by atoms with Gasteiger partial charge in [-0.05, 0) is 36.8 Å². The summed E-state index contributed by atoms with van der Waals surface area (Å²) in [5.74, 6) is 0.327. The number of aromatic nitrogens is 1. The van der Waals surface area contributed by atoms with Gasteiger partial charge in [0.05, 0.1) is 22.9 Å². The van der Waals surface area contributed by atoms with Crippen LogP contribution in [0.15, 0.2) is 36.4 Å². The number of carbonyl (C=O) groups is 1. The third-order valence-corrected chi connectivity index (χ3v) is 4.14. The summed E-state index contributed by atoms with van der Waals surface area (Å²) in [5.41, 5.74) is 8.79. The molecule has 3 N–H and O–H groups in total. The molecule has 0 spiro atoms. The van der Waals surface area contributed by atoms with Crippen LogP contribution in [0.2, 0.25) is 0 Å². The number of hydrogen-bond acceptors (Lipinski definition) is 5. The van der Waals surface area contributed by atoms with E-state index < -0.39 is 0 Å². The van der Waals surface area contributed by atoms with Crippen molar-refractivity contribution in [1.29, 1.82) is 0 Å². The van der Waals surface area contributed by atoms with Crippen LogP contribution in [0.3, 0.4) is 0 Å². The molecular weight excluding hydrogens is 298 g/mol. The Morgan fingerprint density at radius 2 is 2.09 bits per heavy atom. The Hall–Kier alpha value is -2.60. The lowest BCUT2D eigenvalue weighted by Gasteiger charge is -2.09. The van der Waals surface area contributed by atoms with Crippen LogP contribution in [0.5, 0.6) is 5.75 Å². The first-order valence-electron chi connectivity index (χ1n) is 6.69. The molecule has 0 saturated carbocycles. The third-order valence-electron chi connectivity index (χ3n) is 3.31. The maximum Gasteiger partial charge on any atom is 0.259 e. The molecule has 0 aliphatic rings. The highest BCUT2D eigenvalue weighted by Crippen LogP contribution is 2.30. The zero-order chi connectivity index (χ0) is 15.7. The van der Waals surface area contributed by atoms with Gasteiger partial charge in [0.2, 0.25) is 0 Å². The van der Waals surface area contributed by atoms with E-state index in [1.807, 2.05) is 25.1 Å². The Morgan fingerprint density at radius 1 is 1.32 bits per heavy atom. The van der Waals surface area contributed by atoms with Crippen molar-refractivity contribution in [2.45, 2.75) is 6.92 Å². The van der Waals surface area contributed by atoms with E-state index >= 15 is 0 Å². The number of nitrogens with zero attached hydrogens (tertiary/aromatic N) is 1. The maximum absolute atomic E-state index is 12.4. The number of carbonyl (C=O) groups excluding carboxylic acids is 1. The Labute approximate surface area is 131 Å². The summed E-state index contributed by atoms with van der Waals surface area (Å²) in [7, 11) is 1.54. The number of amides is 1. The number of fused-ring (bicyclic) bond motifs is 1. The van der Waals surface area contributed by atoms with Gasteiger partial charge in [-0.2, -0.15) is 0 Å². The van der Waals surface area contributed by atoms with E-state index in [2.05, 4.69) is 10.3 Å². The number of anilines is 2. The molecule has 22 heavy (non-hydrogen) atoms. The fraction of sp³-hybridized carbons (Fsp3) is 0.125. The van der Waals surface area contributed by atoms with Crippen LogP contribution < -0.4 is 15.8 Å². The van der Waals surface area contributed by atoms with Gasteiger partial charge in [0.1, 0.15) is 5.75 Å². The third kappa shape index (κ3) is 2.60. The zero-order valence-corrected chi connectivity index (χ0v) is 13.0. The second-order valence-corrected chi connectivity index (χ2v) is 5.91. The van der Waals surface area contributed by atoms with E-state index in [0.29, 0.717) is 22.1 Å². The van der Waals surface area contributed by atoms with Crippen LogP contribution in [-0.2, 0) is 0 Å². The summed E-state index contributed by atoms with van der Waals surface area (Å²) in [6.45, 7) is 1.94. The Balaban J connectivity index is 1.94. The van der Waals surface area contributed by atoms with Crippen molar-refractivity contribution in [3.63, 3.8) is 0 Å². The van der Waals surface area contributed by atoms with Gasteiger partial charge in [0.15, 0.2) is 5.13 Å². The van der Waals surface area contributed by atoms with Crippen LogP contribution in [-0.4, -0.2) is 18.0 Å². The van der Waals surface area contributed by atoms with E-state index in [9.17, 15) is 4.79 Å². The number of methoxy groups -OCH3 is 1. The minimum absolute atomic E-state index is 0.214. The average Bonchev–Trinajstić information content (AvgIpc) is 2.88. The van der Waals surface area contributed by atoms with Crippen LogP contribution >= 0.6 is 11.3 Å². The lowest BCUT2D eigenvalue weighted by Crippen LogP contribution is -2.13. The molecule has 0 saturated heterocycles. The van der Waals surface area contributed by atoms with E-state index in [1.165, 1.54) is 11.3 Å². The first-order valence-corrected chi connectivity index (χ1v) is 7.51. The SMILES string of the molecule is COc1ccccc1C(=O)Nc1cc(C)c2nc(N)sc2c1. The molecule has 1 amide bonds. The number of nitrogens with two attached hydrogens (primary N) is 1. The van der Waals surface area contributed by atoms with E-state index in [-0.39, 0.29) is 5.91 Å².